The van der Waals surface area contributed by atoms with E-state index in [0.29, 0.717) is 12.2 Å². The second-order valence-electron chi connectivity index (χ2n) is 6.75. The van der Waals surface area contributed by atoms with Crippen molar-refractivity contribution >= 4 is 14.2 Å². The largest absolute Gasteiger partial charge is 0.414 e. The number of rotatable bonds is 6. The number of hydrogen-bond acceptors (Lipinski definition) is 3. The van der Waals surface area contributed by atoms with Crippen LogP contribution >= 0.6 is 0 Å². The molecule has 1 unspecified atom stereocenters. The lowest BCUT2D eigenvalue weighted by molar-refractivity contribution is 0.0516. The zero-order valence-corrected chi connectivity index (χ0v) is 14.9. The van der Waals surface area contributed by atoms with Crippen LogP contribution in [0.3, 0.4) is 0 Å². The molecule has 0 fully saturated rings. The van der Waals surface area contributed by atoms with Crippen LogP contribution in [0, 0.1) is 0 Å². The van der Waals surface area contributed by atoms with E-state index in [1.54, 1.807) is 19.2 Å². The van der Waals surface area contributed by atoms with E-state index in [1.807, 2.05) is 12.1 Å². The van der Waals surface area contributed by atoms with Crippen LogP contribution in [0.5, 0.6) is 0 Å². The van der Waals surface area contributed by atoms with Gasteiger partial charge in [-0.2, -0.15) is 0 Å². The zero-order valence-electron chi connectivity index (χ0n) is 13.9. The van der Waals surface area contributed by atoms with Crippen molar-refractivity contribution in [3.63, 3.8) is 0 Å². The molecule has 1 aromatic carbocycles. The molecule has 2 N–H and O–H groups in total. The Labute approximate surface area is 128 Å². The summed E-state index contributed by atoms with van der Waals surface area (Å²) in [5.41, 5.74) is 6.70. The van der Waals surface area contributed by atoms with Crippen LogP contribution in [0.1, 0.15) is 42.8 Å². The molecule has 0 saturated heterocycles. The number of carbonyl (C=O) groups is 1. The van der Waals surface area contributed by atoms with Gasteiger partial charge in [0.25, 0.3) is 0 Å². The molecule has 0 bridgehead atoms. The fourth-order valence-electron chi connectivity index (χ4n) is 1.79. The summed E-state index contributed by atoms with van der Waals surface area (Å²) in [7, 11) is -0.235. The van der Waals surface area contributed by atoms with Crippen molar-refractivity contribution in [2.24, 2.45) is 5.73 Å². The molecule has 0 spiro atoms. The van der Waals surface area contributed by atoms with Gasteiger partial charge in [0.15, 0.2) is 8.32 Å². The molecule has 1 aromatic rings. The Bertz CT molecular complexity index is 495. The topological polar surface area (TPSA) is 61.6 Å². The fourth-order valence-corrected chi connectivity index (χ4v) is 2.79. The van der Waals surface area contributed by atoms with Gasteiger partial charge in [0, 0.05) is 12.7 Å². The van der Waals surface area contributed by atoms with E-state index < -0.39 is 14.2 Å². The molecule has 1 rings (SSSR count). The van der Waals surface area contributed by atoms with Gasteiger partial charge in [-0.1, -0.05) is 39.0 Å². The highest BCUT2D eigenvalue weighted by atomic mass is 28.4. The van der Waals surface area contributed by atoms with Crippen molar-refractivity contribution in [3.05, 3.63) is 35.4 Å². The second kappa shape index (κ2) is 6.73. The predicted molar refractivity (Wildman–Crippen MR) is 87.9 cm³/mol. The monoisotopic (exact) mass is 309 g/mol. The molecule has 4 nitrogen and oxygen atoms in total. The van der Waals surface area contributed by atoms with Gasteiger partial charge in [0.05, 0.1) is 6.61 Å². The lowest BCUT2D eigenvalue weighted by Crippen LogP contribution is -2.42. The van der Waals surface area contributed by atoms with E-state index in [9.17, 15) is 4.79 Å². The van der Waals surface area contributed by atoms with Gasteiger partial charge in [-0.25, -0.2) is 0 Å². The SMILES string of the molecule is COC(CO[Si](C)(C)C(C)(C)C)c1ccccc1C(N)=O. The van der Waals surface area contributed by atoms with Gasteiger partial charge < -0.3 is 14.9 Å². The molecular formula is C16H27NO3Si. The normalized spacial score (nSPS) is 14.0. The Hall–Kier alpha value is -1.17. The number of benzene rings is 1. The lowest BCUT2D eigenvalue weighted by Gasteiger charge is -2.37. The first-order valence-electron chi connectivity index (χ1n) is 7.15. The minimum absolute atomic E-state index is 0.133. The van der Waals surface area contributed by atoms with E-state index in [4.69, 9.17) is 14.9 Å². The van der Waals surface area contributed by atoms with Crippen LogP contribution in [0.4, 0.5) is 0 Å². The first-order chi connectivity index (χ1) is 9.60. The van der Waals surface area contributed by atoms with Crippen molar-refractivity contribution in [3.8, 4) is 0 Å². The Morgan fingerprint density at radius 3 is 2.33 bits per heavy atom. The summed E-state index contributed by atoms with van der Waals surface area (Å²) < 4.78 is 11.7. The molecule has 0 saturated carbocycles. The fraction of sp³-hybridized carbons (Fsp3) is 0.562. The van der Waals surface area contributed by atoms with E-state index in [2.05, 4.69) is 33.9 Å². The summed E-state index contributed by atoms with van der Waals surface area (Å²) in [5, 5.41) is 0.133. The van der Waals surface area contributed by atoms with Crippen molar-refractivity contribution in [2.75, 3.05) is 13.7 Å². The maximum atomic E-state index is 11.5. The van der Waals surface area contributed by atoms with Crippen molar-refractivity contribution in [2.45, 2.75) is 45.0 Å². The minimum atomic E-state index is -1.86. The highest BCUT2D eigenvalue weighted by Crippen LogP contribution is 2.37. The summed E-state index contributed by atoms with van der Waals surface area (Å²) in [6.07, 6.45) is -0.289. The average molecular weight is 309 g/mol. The van der Waals surface area contributed by atoms with Gasteiger partial charge >= 0.3 is 0 Å². The van der Waals surface area contributed by atoms with E-state index in [1.165, 1.54) is 0 Å². The van der Waals surface area contributed by atoms with Gasteiger partial charge in [-0.3, -0.25) is 4.79 Å². The summed E-state index contributed by atoms with van der Waals surface area (Å²) in [4.78, 5) is 11.5. The third-order valence-electron chi connectivity index (χ3n) is 4.26. The molecule has 0 aliphatic carbocycles. The van der Waals surface area contributed by atoms with Crippen molar-refractivity contribution < 1.29 is 14.0 Å². The van der Waals surface area contributed by atoms with E-state index in [0.717, 1.165) is 5.56 Å². The van der Waals surface area contributed by atoms with Crippen LogP contribution in [0.2, 0.25) is 18.1 Å². The number of amides is 1. The summed E-state index contributed by atoms with van der Waals surface area (Å²) in [5.74, 6) is -0.444. The van der Waals surface area contributed by atoms with Crippen LogP contribution in [-0.2, 0) is 9.16 Å². The maximum absolute atomic E-state index is 11.5. The van der Waals surface area contributed by atoms with Gasteiger partial charge in [0.1, 0.15) is 6.10 Å². The van der Waals surface area contributed by atoms with Crippen LogP contribution in [0.25, 0.3) is 0 Å². The highest BCUT2D eigenvalue weighted by molar-refractivity contribution is 6.74. The number of carbonyl (C=O) groups excluding carboxylic acids is 1. The molecule has 0 aliphatic heterocycles. The molecule has 0 radical (unpaired) electrons. The quantitative estimate of drug-likeness (QED) is 0.818. The molecule has 118 valence electrons. The first-order valence-corrected chi connectivity index (χ1v) is 10.1. The molecule has 0 heterocycles. The maximum Gasteiger partial charge on any atom is 0.249 e. The molecule has 5 heteroatoms. The van der Waals surface area contributed by atoms with E-state index >= 15 is 0 Å². The molecule has 21 heavy (non-hydrogen) atoms. The van der Waals surface area contributed by atoms with E-state index in [-0.39, 0.29) is 11.1 Å². The van der Waals surface area contributed by atoms with Gasteiger partial charge in [-0.15, -0.1) is 0 Å². The van der Waals surface area contributed by atoms with Crippen LogP contribution < -0.4 is 5.73 Å². The molecule has 0 aliphatic rings. The summed E-state index contributed by atoms with van der Waals surface area (Å²) in [6.45, 7) is 11.4. The molecule has 1 atom stereocenters. The Kier molecular flexibility index (Phi) is 5.73. The first kappa shape index (κ1) is 17.9. The highest BCUT2D eigenvalue weighted by Gasteiger charge is 2.37. The molecular weight excluding hydrogens is 282 g/mol. The van der Waals surface area contributed by atoms with Crippen molar-refractivity contribution in [1.29, 1.82) is 0 Å². The summed E-state index contributed by atoms with van der Waals surface area (Å²) >= 11 is 0. The Balaban J connectivity index is 2.93. The van der Waals surface area contributed by atoms with Gasteiger partial charge in [-0.05, 0) is 29.8 Å². The lowest BCUT2D eigenvalue weighted by atomic mass is 10.0. The predicted octanol–water partition coefficient (Wildman–Crippen LogP) is 3.49. The Morgan fingerprint density at radius 2 is 1.86 bits per heavy atom. The van der Waals surface area contributed by atoms with Crippen LogP contribution in [-0.4, -0.2) is 27.9 Å². The zero-order chi connectivity index (χ0) is 16.3. The second-order valence-corrected chi connectivity index (χ2v) is 11.6. The standard InChI is InChI=1S/C16H27NO3Si/c1-16(2,3)21(5,6)20-11-14(19-4)12-9-7-8-10-13(12)15(17)18/h7-10,14H,11H2,1-6H3,(H2,17,18). The average Bonchev–Trinajstić information content (AvgIpc) is 2.38. The minimum Gasteiger partial charge on any atom is -0.414 e. The summed E-state index contributed by atoms with van der Waals surface area (Å²) in [6, 6.07) is 7.25. The van der Waals surface area contributed by atoms with Gasteiger partial charge in [0.2, 0.25) is 5.91 Å². The van der Waals surface area contributed by atoms with Crippen molar-refractivity contribution in [1.82, 2.24) is 0 Å². The van der Waals surface area contributed by atoms with Crippen LogP contribution in [0.15, 0.2) is 24.3 Å². The number of hydrogen-bond donors (Lipinski definition) is 1. The third-order valence-corrected chi connectivity index (χ3v) is 8.76. The molecule has 1 amide bonds. The smallest absolute Gasteiger partial charge is 0.249 e. The number of nitrogens with two attached hydrogens (primary N) is 1. The third kappa shape index (κ3) is 4.39. The Morgan fingerprint density at radius 1 is 1.29 bits per heavy atom. The number of primary amides is 1. The number of methoxy groups -OCH3 is 1. The molecule has 0 aromatic heterocycles. The number of ether oxygens (including phenoxy) is 1.